The molecule has 4 aliphatic rings. The van der Waals surface area contributed by atoms with Crippen LogP contribution in [0.25, 0.3) is 0 Å². The molecule has 1 aliphatic heterocycles. The van der Waals surface area contributed by atoms with Crippen LogP contribution in [0.1, 0.15) is 72.6 Å². The Balaban J connectivity index is 1.57. The zero-order valence-electron chi connectivity index (χ0n) is 18.6. The Bertz CT molecular complexity index is 630. The van der Waals surface area contributed by atoms with Crippen LogP contribution in [-0.4, -0.2) is 47.8 Å². The third-order valence-corrected chi connectivity index (χ3v) is 9.64. The van der Waals surface area contributed by atoms with Gasteiger partial charge in [-0.1, -0.05) is 13.8 Å². The molecule has 4 nitrogen and oxygen atoms in total. The van der Waals surface area contributed by atoms with E-state index >= 15 is 0 Å². The standard InChI is InChI=1S/C24H40N2O2/c1-6-26(7-2)23(28)19-10-9-18-16-8-11-20-22(15(3)14-21(27)25(20)5)17(16)12-13-24(18,19)4/h15-20,22H,6-14H2,1-5H3. The molecular formula is C24H40N2O2. The highest BCUT2D eigenvalue weighted by Crippen LogP contribution is 2.64. The topological polar surface area (TPSA) is 40.6 Å². The third kappa shape index (κ3) is 2.84. The fraction of sp³-hybridized carbons (Fsp3) is 0.917. The second kappa shape index (κ2) is 7.32. The Kier molecular flexibility index (Phi) is 5.29. The van der Waals surface area contributed by atoms with Crippen molar-refractivity contribution >= 4 is 11.8 Å². The molecule has 0 spiro atoms. The van der Waals surface area contributed by atoms with Gasteiger partial charge in [0.25, 0.3) is 0 Å². The number of carbonyl (C=O) groups is 2. The summed E-state index contributed by atoms with van der Waals surface area (Å²) in [6, 6.07) is 0.455. The Morgan fingerprint density at radius 3 is 2.50 bits per heavy atom. The van der Waals surface area contributed by atoms with Crippen molar-refractivity contribution < 1.29 is 9.59 Å². The van der Waals surface area contributed by atoms with Crippen molar-refractivity contribution in [3.63, 3.8) is 0 Å². The van der Waals surface area contributed by atoms with Gasteiger partial charge in [-0.15, -0.1) is 0 Å². The highest BCUT2D eigenvalue weighted by atomic mass is 16.2. The van der Waals surface area contributed by atoms with E-state index < -0.39 is 0 Å². The van der Waals surface area contributed by atoms with Gasteiger partial charge in [0.15, 0.2) is 0 Å². The number of likely N-dealkylation sites (tertiary alicyclic amines) is 1. The molecule has 8 atom stereocenters. The Hall–Kier alpha value is -1.06. The quantitative estimate of drug-likeness (QED) is 0.727. The summed E-state index contributed by atoms with van der Waals surface area (Å²) in [5.74, 6) is 4.39. The fourth-order valence-electron chi connectivity index (χ4n) is 8.21. The summed E-state index contributed by atoms with van der Waals surface area (Å²) >= 11 is 0. The molecule has 0 aromatic heterocycles. The maximum Gasteiger partial charge on any atom is 0.226 e. The van der Waals surface area contributed by atoms with Crippen LogP contribution < -0.4 is 0 Å². The molecule has 4 rings (SSSR count). The normalized spacial score (nSPS) is 45.2. The van der Waals surface area contributed by atoms with Gasteiger partial charge in [0, 0.05) is 38.5 Å². The van der Waals surface area contributed by atoms with Crippen LogP contribution in [0.3, 0.4) is 0 Å². The molecule has 3 aliphatic carbocycles. The summed E-state index contributed by atoms with van der Waals surface area (Å²) < 4.78 is 0. The lowest BCUT2D eigenvalue weighted by atomic mass is 9.50. The molecule has 158 valence electrons. The van der Waals surface area contributed by atoms with Crippen LogP contribution in [0.2, 0.25) is 0 Å². The lowest BCUT2D eigenvalue weighted by molar-refractivity contribution is -0.153. The number of hydrogen-bond acceptors (Lipinski definition) is 2. The predicted molar refractivity (Wildman–Crippen MR) is 112 cm³/mol. The highest BCUT2D eigenvalue weighted by molar-refractivity contribution is 5.80. The Morgan fingerprint density at radius 2 is 1.82 bits per heavy atom. The minimum atomic E-state index is 0.188. The minimum absolute atomic E-state index is 0.188. The first-order valence-electron chi connectivity index (χ1n) is 11.9. The Labute approximate surface area is 171 Å². The summed E-state index contributed by atoms with van der Waals surface area (Å²) in [6.45, 7) is 10.6. The molecule has 1 saturated heterocycles. The number of amides is 2. The number of piperidine rings is 1. The molecule has 0 radical (unpaired) electrons. The van der Waals surface area contributed by atoms with Gasteiger partial charge >= 0.3 is 0 Å². The SMILES string of the molecule is CCN(CC)C(=O)C1CCC2C3CCC4C(C(C)CC(=O)N4C)C3CCC12C. The van der Waals surface area contributed by atoms with E-state index in [0.29, 0.717) is 35.6 Å². The fourth-order valence-corrected chi connectivity index (χ4v) is 8.21. The van der Waals surface area contributed by atoms with Crippen molar-refractivity contribution in [3.05, 3.63) is 0 Å². The molecule has 2 amide bonds. The summed E-state index contributed by atoms with van der Waals surface area (Å²) in [7, 11) is 2.04. The number of rotatable bonds is 3. The van der Waals surface area contributed by atoms with E-state index in [4.69, 9.17) is 0 Å². The first-order valence-corrected chi connectivity index (χ1v) is 11.9. The van der Waals surface area contributed by atoms with Gasteiger partial charge in [0.1, 0.15) is 0 Å². The smallest absolute Gasteiger partial charge is 0.226 e. The van der Waals surface area contributed by atoms with E-state index in [2.05, 4.69) is 37.5 Å². The summed E-state index contributed by atoms with van der Waals surface area (Å²) in [5.41, 5.74) is 0.188. The van der Waals surface area contributed by atoms with E-state index in [1.807, 2.05) is 7.05 Å². The van der Waals surface area contributed by atoms with Gasteiger partial charge in [-0.3, -0.25) is 9.59 Å². The Morgan fingerprint density at radius 1 is 1.11 bits per heavy atom. The first kappa shape index (κ1) is 20.2. The van der Waals surface area contributed by atoms with Crippen molar-refractivity contribution in [1.82, 2.24) is 9.80 Å². The van der Waals surface area contributed by atoms with Crippen molar-refractivity contribution in [2.75, 3.05) is 20.1 Å². The average molecular weight is 389 g/mol. The van der Waals surface area contributed by atoms with E-state index in [1.165, 1.54) is 32.1 Å². The van der Waals surface area contributed by atoms with Gasteiger partial charge < -0.3 is 9.80 Å². The zero-order valence-corrected chi connectivity index (χ0v) is 18.6. The summed E-state index contributed by atoms with van der Waals surface area (Å²) in [4.78, 5) is 29.8. The highest BCUT2D eigenvalue weighted by Gasteiger charge is 2.60. The lowest BCUT2D eigenvalue weighted by Gasteiger charge is -2.58. The molecule has 0 aromatic rings. The van der Waals surface area contributed by atoms with Crippen LogP contribution in [0.5, 0.6) is 0 Å². The first-order chi connectivity index (χ1) is 13.3. The number of hydrogen-bond donors (Lipinski definition) is 0. The summed E-state index contributed by atoms with van der Waals surface area (Å²) in [6.07, 6.45) is 7.92. The molecule has 28 heavy (non-hydrogen) atoms. The number of fused-ring (bicyclic) bond motifs is 5. The number of nitrogens with zero attached hydrogens (tertiary/aromatic N) is 2. The van der Waals surface area contributed by atoms with Crippen LogP contribution >= 0.6 is 0 Å². The van der Waals surface area contributed by atoms with Crippen LogP contribution in [0.15, 0.2) is 0 Å². The van der Waals surface area contributed by atoms with Crippen molar-refractivity contribution in [1.29, 1.82) is 0 Å². The van der Waals surface area contributed by atoms with Gasteiger partial charge in [-0.05, 0) is 87.4 Å². The number of carbonyl (C=O) groups excluding carboxylic acids is 2. The molecule has 4 heteroatoms. The average Bonchev–Trinajstić information content (AvgIpc) is 3.03. The van der Waals surface area contributed by atoms with Crippen molar-refractivity contribution in [2.45, 2.75) is 78.7 Å². The van der Waals surface area contributed by atoms with E-state index in [1.54, 1.807) is 0 Å². The second-order valence-corrected chi connectivity index (χ2v) is 10.5. The maximum absolute atomic E-state index is 13.3. The molecule has 4 fully saturated rings. The maximum atomic E-state index is 13.3. The molecule has 8 unspecified atom stereocenters. The van der Waals surface area contributed by atoms with E-state index in [0.717, 1.165) is 37.8 Å². The predicted octanol–water partition coefficient (Wildman–Crippen LogP) is 4.19. The van der Waals surface area contributed by atoms with Gasteiger partial charge in [0.2, 0.25) is 11.8 Å². The molecule has 0 N–H and O–H groups in total. The van der Waals surface area contributed by atoms with Gasteiger partial charge in [0.05, 0.1) is 0 Å². The van der Waals surface area contributed by atoms with Crippen molar-refractivity contribution in [3.8, 4) is 0 Å². The van der Waals surface area contributed by atoms with Crippen LogP contribution in [-0.2, 0) is 9.59 Å². The molecule has 3 saturated carbocycles. The molecular weight excluding hydrogens is 348 g/mol. The van der Waals surface area contributed by atoms with Gasteiger partial charge in [-0.2, -0.15) is 0 Å². The molecule has 0 bridgehead atoms. The monoisotopic (exact) mass is 388 g/mol. The van der Waals surface area contributed by atoms with Crippen molar-refractivity contribution in [2.24, 2.45) is 40.9 Å². The largest absolute Gasteiger partial charge is 0.343 e. The zero-order chi connectivity index (χ0) is 20.2. The van der Waals surface area contributed by atoms with Crippen LogP contribution in [0.4, 0.5) is 0 Å². The van der Waals surface area contributed by atoms with Gasteiger partial charge in [-0.25, -0.2) is 0 Å². The molecule has 0 aromatic carbocycles. The molecule has 1 heterocycles. The lowest BCUT2D eigenvalue weighted by Crippen LogP contribution is -2.58. The van der Waals surface area contributed by atoms with E-state index in [9.17, 15) is 9.59 Å². The van der Waals surface area contributed by atoms with Crippen LogP contribution in [0, 0.1) is 40.9 Å². The van der Waals surface area contributed by atoms with E-state index in [-0.39, 0.29) is 11.3 Å². The second-order valence-electron chi connectivity index (χ2n) is 10.5. The minimum Gasteiger partial charge on any atom is -0.343 e. The summed E-state index contributed by atoms with van der Waals surface area (Å²) in [5, 5.41) is 0. The third-order valence-electron chi connectivity index (χ3n) is 9.64.